The van der Waals surface area contributed by atoms with Crippen LogP contribution in [0.1, 0.15) is 37.4 Å². The maximum absolute atomic E-state index is 3.63. The second-order valence-corrected chi connectivity index (χ2v) is 6.16. The van der Waals surface area contributed by atoms with Gasteiger partial charge in [-0.05, 0) is 49.9 Å². The first kappa shape index (κ1) is 14.5. The van der Waals surface area contributed by atoms with Crippen LogP contribution in [0.4, 0.5) is 0 Å². The molecule has 0 spiro atoms. The van der Waals surface area contributed by atoms with Crippen molar-refractivity contribution in [3.05, 3.63) is 35.4 Å². The SMILES string of the molecule is CCNC(CN(C)CC1CC1C)c1ccccc1C. The molecule has 0 amide bonds. The van der Waals surface area contributed by atoms with Crippen LogP contribution >= 0.6 is 0 Å². The summed E-state index contributed by atoms with van der Waals surface area (Å²) in [5.41, 5.74) is 2.83. The molecule has 2 heteroatoms. The van der Waals surface area contributed by atoms with Gasteiger partial charge in [0, 0.05) is 19.1 Å². The number of hydrogen-bond donors (Lipinski definition) is 1. The number of hydrogen-bond acceptors (Lipinski definition) is 2. The predicted octanol–water partition coefficient (Wildman–Crippen LogP) is 3.23. The van der Waals surface area contributed by atoms with Crippen LogP contribution in [-0.4, -0.2) is 31.6 Å². The largest absolute Gasteiger partial charge is 0.309 e. The van der Waals surface area contributed by atoms with Gasteiger partial charge in [0.15, 0.2) is 0 Å². The molecule has 1 aromatic rings. The molecule has 3 unspecified atom stereocenters. The molecule has 106 valence electrons. The average Bonchev–Trinajstić information content (AvgIpc) is 3.05. The maximum Gasteiger partial charge on any atom is 0.0451 e. The molecule has 3 atom stereocenters. The average molecular weight is 260 g/mol. The van der Waals surface area contributed by atoms with Gasteiger partial charge in [-0.25, -0.2) is 0 Å². The van der Waals surface area contributed by atoms with Gasteiger partial charge in [0.2, 0.25) is 0 Å². The molecular formula is C17H28N2. The Morgan fingerprint density at radius 3 is 2.63 bits per heavy atom. The highest BCUT2D eigenvalue weighted by molar-refractivity contribution is 5.29. The zero-order valence-corrected chi connectivity index (χ0v) is 12.8. The van der Waals surface area contributed by atoms with Crippen molar-refractivity contribution in [2.24, 2.45) is 11.8 Å². The van der Waals surface area contributed by atoms with Crippen molar-refractivity contribution < 1.29 is 0 Å². The summed E-state index contributed by atoms with van der Waals surface area (Å²) in [6, 6.07) is 9.19. The Morgan fingerprint density at radius 2 is 2.05 bits per heavy atom. The lowest BCUT2D eigenvalue weighted by Crippen LogP contribution is -2.34. The molecule has 0 aliphatic heterocycles. The Morgan fingerprint density at radius 1 is 1.37 bits per heavy atom. The van der Waals surface area contributed by atoms with Crippen LogP contribution < -0.4 is 5.32 Å². The highest BCUT2D eigenvalue weighted by Gasteiger charge is 2.33. The molecule has 0 radical (unpaired) electrons. The minimum atomic E-state index is 0.449. The zero-order chi connectivity index (χ0) is 13.8. The van der Waals surface area contributed by atoms with Crippen LogP contribution in [0.2, 0.25) is 0 Å². The first-order valence-electron chi connectivity index (χ1n) is 7.59. The minimum absolute atomic E-state index is 0.449. The van der Waals surface area contributed by atoms with E-state index in [-0.39, 0.29) is 0 Å². The molecule has 1 saturated carbocycles. The lowest BCUT2D eigenvalue weighted by molar-refractivity contribution is 0.277. The van der Waals surface area contributed by atoms with Gasteiger partial charge in [0.25, 0.3) is 0 Å². The monoisotopic (exact) mass is 260 g/mol. The number of likely N-dealkylation sites (N-methyl/N-ethyl adjacent to an activating group) is 2. The maximum atomic E-state index is 3.63. The molecule has 2 nitrogen and oxygen atoms in total. The van der Waals surface area contributed by atoms with E-state index in [0.717, 1.165) is 24.9 Å². The van der Waals surface area contributed by atoms with Crippen molar-refractivity contribution in [1.29, 1.82) is 0 Å². The molecule has 19 heavy (non-hydrogen) atoms. The van der Waals surface area contributed by atoms with Crippen molar-refractivity contribution in [3.63, 3.8) is 0 Å². The van der Waals surface area contributed by atoms with E-state index in [1.54, 1.807) is 0 Å². The lowest BCUT2D eigenvalue weighted by atomic mass is 10.0. The standard InChI is InChI=1S/C17H28N2/c1-5-18-17(16-9-7-6-8-13(16)2)12-19(4)11-15-10-14(15)3/h6-9,14-15,17-18H,5,10-12H2,1-4H3. The van der Waals surface area contributed by atoms with Gasteiger partial charge in [-0.15, -0.1) is 0 Å². The summed E-state index contributed by atoms with van der Waals surface area (Å²) in [6.07, 6.45) is 1.42. The fourth-order valence-electron chi connectivity index (χ4n) is 2.94. The Labute approximate surface area is 118 Å². The molecule has 0 saturated heterocycles. The van der Waals surface area contributed by atoms with Crippen molar-refractivity contribution >= 4 is 0 Å². The predicted molar refractivity (Wildman–Crippen MR) is 82.4 cm³/mol. The molecule has 1 aliphatic carbocycles. The van der Waals surface area contributed by atoms with Crippen molar-refractivity contribution in [2.45, 2.75) is 33.2 Å². The van der Waals surface area contributed by atoms with Gasteiger partial charge in [-0.1, -0.05) is 38.1 Å². The molecule has 0 aromatic heterocycles. The first-order valence-corrected chi connectivity index (χ1v) is 7.59. The van der Waals surface area contributed by atoms with E-state index < -0.39 is 0 Å². The van der Waals surface area contributed by atoms with Crippen LogP contribution in [0.5, 0.6) is 0 Å². The van der Waals surface area contributed by atoms with Crippen molar-refractivity contribution in [3.8, 4) is 0 Å². The van der Waals surface area contributed by atoms with Crippen molar-refractivity contribution in [1.82, 2.24) is 10.2 Å². The van der Waals surface area contributed by atoms with E-state index >= 15 is 0 Å². The number of rotatable bonds is 7. The third-order valence-corrected chi connectivity index (χ3v) is 4.33. The normalized spacial score (nSPS) is 23.6. The molecule has 0 heterocycles. The summed E-state index contributed by atoms with van der Waals surface area (Å²) in [4.78, 5) is 2.49. The van der Waals surface area contributed by atoms with Gasteiger partial charge < -0.3 is 10.2 Å². The summed E-state index contributed by atoms with van der Waals surface area (Å²) in [7, 11) is 2.26. The Hall–Kier alpha value is -0.860. The second-order valence-electron chi connectivity index (χ2n) is 6.16. The first-order chi connectivity index (χ1) is 9.11. The van der Waals surface area contributed by atoms with Gasteiger partial charge in [-0.2, -0.15) is 0 Å². The summed E-state index contributed by atoms with van der Waals surface area (Å²) in [5.74, 6) is 1.88. The third kappa shape index (κ3) is 4.05. The summed E-state index contributed by atoms with van der Waals surface area (Å²) >= 11 is 0. The number of nitrogens with one attached hydrogen (secondary N) is 1. The van der Waals surface area contributed by atoms with E-state index in [2.05, 4.69) is 62.3 Å². The van der Waals surface area contributed by atoms with Crippen LogP contribution in [0.15, 0.2) is 24.3 Å². The lowest BCUT2D eigenvalue weighted by Gasteiger charge is -2.26. The number of aryl methyl sites for hydroxylation is 1. The van der Waals surface area contributed by atoms with Gasteiger partial charge in [0.05, 0.1) is 0 Å². The molecule has 1 N–H and O–H groups in total. The van der Waals surface area contributed by atoms with E-state index in [4.69, 9.17) is 0 Å². The quantitative estimate of drug-likeness (QED) is 0.809. The molecule has 2 rings (SSSR count). The summed E-state index contributed by atoms with van der Waals surface area (Å²) < 4.78 is 0. The van der Waals surface area contributed by atoms with E-state index in [9.17, 15) is 0 Å². The Bertz CT molecular complexity index is 402. The second kappa shape index (κ2) is 6.53. The fourth-order valence-corrected chi connectivity index (χ4v) is 2.94. The van der Waals surface area contributed by atoms with E-state index in [1.807, 2.05) is 0 Å². The third-order valence-electron chi connectivity index (χ3n) is 4.33. The highest BCUT2D eigenvalue weighted by Crippen LogP contribution is 2.38. The number of benzene rings is 1. The van der Waals surface area contributed by atoms with Crippen LogP contribution in [0.25, 0.3) is 0 Å². The molecule has 1 aliphatic rings. The molecule has 1 fully saturated rings. The summed E-state index contributed by atoms with van der Waals surface area (Å²) in [6.45, 7) is 10.1. The Balaban J connectivity index is 1.97. The topological polar surface area (TPSA) is 15.3 Å². The fraction of sp³-hybridized carbons (Fsp3) is 0.647. The highest BCUT2D eigenvalue weighted by atomic mass is 15.1. The molecule has 1 aromatic carbocycles. The van der Waals surface area contributed by atoms with Gasteiger partial charge in [-0.3, -0.25) is 0 Å². The van der Waals surface area contributed by atoms with E-state index in [0.29, 0.717) is 6.04 Å². The van der Waals surface area contributed by atoms with Gasteiger partial charge in [0.1, 0.15) is 0 Å². The van der Waals surface area contributed by atoms with Gasteiger partial charge >= 0.3 is 0 Å². The number of nitrogens with zero attached hydrogens (tertiary/aromatic N) is 1. The van der Waals surface area contributed by atoms with Crippen LogP contribution in [0, 0.1) is 18.8 Å². The van der Waals surface area contributed by atoms with Crippen LogP contribution in [0.3, 0.4) is 0 Å². The zero-order valence-electron chi connectivity index (χ0n) is 12.8. The molecular weight excluding hydrogens is 232 g/mol. The van der Waals surface area contributed by atoms with E-state index in [1.165, 1.54) is 24.1 Å². The molecule has 0 bridgehead atoms. The summed E-state index contributed by atoms with van der Waals surface area (Å²) in [5, 5.41) is 3.63. The van der Waals surface area contributed by atoms with Crippen LogP contribution in [-0.2, 0) is 0 Å². The van der Waals surface area contributed by atoms with Crippen molar-refractivity contribution in [2.75, 3.05) is 26.7 Å². The Kier molecular flexibility index (Phi) is 5.00. The smallest absolute Gasteiger partial charge is 0.0451 e. The minimum Gasteiger partial charge on any atom is -0.309 e.